The van der Waals surface area contributed by atoms with Crippen molar-refractivity contribution in [3.63, 3.8) is 0 Å². The molecular formula is C31H28FN5O4. The van der Waals surface area contributed by atoms with Crippen LogP contribution in [0.2, 0.25) is 0 Å². The van der Waals surface area contributed by atoms with E-state index >= 15 is 0 Å². The van der Waals surface area contributed by atoms with Gasteiger partial charge in [0.1, 0.15) is 35.4 Å². The summed E-state index contributed by atoms with van der Waals surface area (Å²) >= 11 is 0. The van der Waals surface area contributed by atoms with Gasteiger partial charge in [0.2, 0.25) is 5.91 Å². The molecule has 2 amide bonds. The summed E-state index contributed by atoms with van der Waals surface area (Å²) in [5, 5.41) is 11.2. The number of amides is 2. The minimum Gasteiger partial charge on any atom is -0.497 e. The van der Waals surface area contributed by atoms with Crippen LogP contribution in [-0.2, 0) is 22.7 Å². The molecule has 0 unspecified atom stereocenters. The number of rotatable bonds is 10. The summed E-state index contributed by atoms with van der Waals surface area (Å²) in [7, 11) is 3.11. The Balaban J connectivity index is 1.54. The quantitative estimate of drug-likeness (QED) is 0.262. The average molecular weight is 554 g/mol. The standard InChI is InChI=1S/C31H28FN5O4/c1-40-25-15-9-22(10-16-25)30(31(39)33-24-13-17-26(41-2)18-14-24)36(19-21-7-11-23(32)12-8-21)29(38)20-37-28-6-4-3-5-27(28)34-35-37/h3-18,30H,19-20H2,1-2H3,(H,33,39)/t30-/m0/s1. The number of aromatic nitrogens is 3. The number of nitrogens with zero attached hydrogens (tertiary/aromatic N) is 4. The van der Waals surface area contributed by atoms with Gasteiger partial charge >= 0.3 is 0 Å². The molecule has 0 aliphatic carbocycles. The molecule has 10 heteroatoms. The van der Waals surface area contributed by atoms with Gasteiger partial charge in [-0.15, -0.1) is 5.10 Å². The maximum Gasteiger partial charge on any atom is 0.251 e. The Labute approximate surface area is 236 Å². The molecule has 9 nitrogen and oxygen atoms in total. The van der Waals surface area contributed by atoms with E-state index in [1.807, 2.05) is 24.3 Å². The van der Waals surface area contributed by atoms with Gasteiger partial charge in [0.05, 0.1) is 19.7 Å². The van der Waals surface area contributed by atoms with Crippen molar-refractivity contribution >= 4 is 28.5 Å². The third kappa shape index (κ3) is 6.33. The number of carbonyl (C=O) groups is 2. The molecule has 0 aliphatic rings. The summed E-state index contributed by atoms with van der Waals surface area (Å²) in [6.45, 7) is -0.122. The zero-order valence-corrected chi connectivity index (χ0v) is 22.5. The van der Waals surface area contributed by atoms with E-state index in [9.17, 15) is 14.0 Å². The van der Waals surface area contributed by atoms with E-state index in [0.717, 1.165) is 0 Å². The lowest BCUT2D eigenvalue weighted by molar-refractivity contribution is -0.140. The summed E-state index contributed by atoms with van der Waals surface area (Å²) in [6, 6.07) is 25.9. The van der Waals surface area contributed by atoms with Crippen LogP contribution < -0.4 is 14.8 Å². The molecular weight excluding hydrogens is 525 g/mol. The molecule has 208 valence electrons. The topological polar surface area (TPSA) is 98.6 Å². The number of halogens is 1. The molecule has 0 saturated carbocycles. The van der Waals surface area contributed by atoms with Crippen LogP contribution in [0, 0.1) is 5.82 Å². The van der Waals surface area contributed by atoms with Crippen LogP contribution in [0.25, 0.3) is 11.0 Å². The summed E-state index contributed by atoms with van der Waals surface area (Å²) in [4.78, 5) is 29.5. The Hall–Kier alpha value is -5.25. The van der Waals surface area contributed by atoms with Gasteiger partial charge in [-0.1, -0.05) is 41.6 Å². The minimum atomic E-state index is -1.05. The summed E-state index contributed by atoms with van der Waals surface area (Å²) in [5.74, 6) is 0.0380. The molecule has 41 heavy (non-hydrogen) atoms. The molecule has 0 radical (unpaired) electrons. The molecule has 0 spiro atoms. The van der Waals surface area contributed by atoms with E-state index in [1.54, 1.807) is 74.9 Å². The number of benzene rings is 4. The second-order valence-corrected chi connectivity index (χ2v) is 9.28. The Kier molecular flexibility index (Phi) is 8.19. The van der Waals surface area contributed by atoms with Crippen molar-refractivity contribution in [1.29, 1.82) is 0 Å². The number of hydrogen-bond donors (Lipinski definition) is 1. The minimum absolute atomic E-state index is 0.0402. The van der Waals surface area contributed by atoms with Crippen LogP contribution in [0.15, 0.2) is 97.1 Å². The van der Waals surface area contributed by atoms with Crippen molar-refractivity contribution in [1.82, 2.24) is 19.9 Å². The first-order valence-corrected chi connectivity index (χ1v) is 12.9. The van der Waals surface area contributed by atoms with Gasteiger partial charge in [-0.25, -0.2) is 9.07 Å². The molecule has 5 rings (SSSR count). The van der Waals surface area contributed by atoms with Gasteiger partial charge < -0.3 is 19.7 Å². The third-order valence-electron chi connectivity index (χ3n) is 6.64. The largest absolute Gasteiger partial charge is 0.497 e. The van der Waals surface area contributed by atoms with Crippen molar-refractivity contribution in [2.24, 2.45) is 0 Å². The Morgan fingerprint density at radius 3 is 2.17 bits per heavy atom. The van der Waals surface area contributed by atoms with E-state index in [2.05, 4.69) is 15.6 Å². The van der Waals surface area contributed by atoms with E-state index < -0.39 is 17.8 Å². The fourth-order valence-corrected chi connectivity index (χ4v) is 4.51. The van der Waals surface area contributed by atoms with E-state index in [-0.39, 0.29) is 19.0 Å². The zero-order valence-electron chi connectivity index (χ0n) is 22.5. The number of anilines is 1. The van der Waals surface area contributed by atoms with Crippen molar-refractivity contribution in [3.05, 3.63) is 114 Å². The van der Waals surface area contributed by atoms with E-state index in [0.29, 0.717) is 39.3 Å². The lowest BCUT2D eigenvalue weighted by Crippen LogP contribution is -2.42. The molecule has 1 heterocycles. The smallest absolute Gasteiger partial charge is 0.251 e. The van der Waals surface area contributed by atoms with Gasteiger partial charge in [-0.3, -0.25) is 9.59 Å². The van der Waals surface area contributed by atoms with Crippen molar-refractivity contribution in [2.75, 3.05) is 19.5 Å². The van der Waals surface area contributed by atoms with Crippen molar-refractivity contribution < 1.29 is 23.5 Å². The third-order valence-corrected chi connectivity index (χ3v) is 6.64. The first kappa shape index (κ1) is 27.3. The SMILES string of the molecule is COc1ccc(NC(=O)[C@H](c2ccc(OC)cc2)N(Cc2ccc(F)cc2)C(=O)Cn2nnc3ccccc32)cc1. The first-order chi connectivity index (χ1) is 19.9. The number of carbonyl (C=O) groups excluding carboxylic acids is 2. The van der Waals surface area contributed by atoms with Crippen molar-refractivity contribution in [3.8, 4) is 11.5 Å². The lowest BCUT2D eigenvalue weighted by Gasteiger charge is -2.32. The molecule has 1 N–H and O–H groups in total. The Bertz CT molecular complexity index is 1640. The maximum absolute atomic E-state index is 14.0. The molecule has 4 aromatic carbocycles. The predicted octanol–water partition coefficient (Wildman–Crippen LogP) is 5.00. The molecule has 5 aromatic rings. The number of methoxy groups -OCH3 is 2. The summed E-state index contributed by atoms with van der Waals surface area (Å²) in [6.07, 6.45) is 0. The lowest BCUT2D eigenvalue weighted by atomic mass is 10.0. The zero-order chi connectivity index (χ0) is 28.8. The molecule has 1 atom stereocenters. The number of para-hydroxylation sites is 1. The second-order valence-electron chi connectivity index (χ2n) is 9.28. The molecule has 0 bridgehead atoms. The highest BCUT2D eigenvalue weighted by Gasteiger charge is 2.32. The first-order valence-electron chi connectivity index (χ1n) is 12.9. The number of hydrogen-bond acceptors (Lipinski definition) is 6. The molecule has 0 fully saturated rings. The highest BCUT2D eigenvalue weighted by atomic mass is 19.1. The van der Waals surface area contributed by atoms with Gasteiger partial charge in [0, 0.05) is 12.2 Å². The highest BCUT2D eigenvalue weighted by molar-refractivity contribution is 5.98. The number of nitrogens with one attached hydrogen (secondary N) is 1. The van der Waals surface area contributed by atoms with Crippen LogP contribution in [0.3, 0.4) is 0 Å². The summed E-state index contributed by atoms with van der Waals surface area (Å²) < 4.78 is 25.7. The average Bonchev–Trinajstić information content (AvgIpc) is 3.41. The van der Waals surface area contributed by atoms with Gasteiger partial charge in [-0.05, 0) is 71.8 Å². The monoisotopic (exact) mass is 553 g/mol. The molecule has 0 aliphatic heterocycles. The normalized spacial score (nSPS) is 11.6. The van der Waals surface area contributed by atoms with Crippen LogP contribution >= 0.6 is 0 Å². The predicted molar refractivity (Wildman–Crippen MR) is 152 cm³/mol. The van der Waals surface area contributed by atoms with E-state index in [4.69, 9.17) is 9.47 Å². The Morgan fingerprint density at radius 2 is 1.51 bits per heavy atom. The van der Waals surface area contributed by atoms with Gasteiger partial charge in [0.15, 0.2) is 0 Å². The summed E-state index contributed by atoms with van der Waals surface area (Å²) in [5.41, 5.74) is 3.08. The Morgan fingerprint density at radius 1 is 0.878 bits per heavy atom. The highest BCUT2D eigenvalue weighted by Crippen LogP contribution is 2.28. The maximum atomic E-state index is 14.0. The molecule has 0 saturated heterocycles. The van der Waals surface area contributed by atoms with Gasteiger partial charge in [-0.2, -0.15) is 0 Å². The van der Waals surface area contributed by atoms with Crippen LogP contribution in [0.5, 0.6) is 11.5 Å². The van der Waals surface area contributed by atoms with Crippen molar-refractivity contribution in [2.45, 2.75) is 19.1 Å². The van der Waals surface area contributed by atoms with E-state index in [1.165, 1.54) is 21.7 Å². The fourth-order valence-electron chi connectivity index (χ4n) is 4.51. The van der Waals surface area contributed by atoms with Crippen LogP contribution in [0.4, 0.5) is 10.1 Å². The van der Waals surface area contributed by atoms with Gasteiger partial charge in [0.25, 0.3) is 5.91 Å². The number of fused-ring (bicyclic) bond motifs is 1. The second kappa shape index (κ2) is 12.3. The molecule has 1 aromatic heterocycles. The van der Waals surface area contributed by atoms with Crippen LogP contribution in [0.1, 0.15) is 17.2 Å². The number of ether oxygens (including phenoxy) is 2. The fraction of sp³-hybridized carbons (Fsp3) is 0.161. The van der Waals surface area contributed by atoms with Crippen LogP contribution in [-0.4, -0.2) is 45.9 Å².